The predicted molar refractivity (Wildman–Crippen MR) is 63.1 cm³/mol. The molecule has 2 rings (SSSR count). The van der Waals surface area contributed by atoms with Gasteiger partial charge in [0.1, 0.15) is 0 Å². The number of benzene rings is 1. The molecule has 1 aromatic rings. The normalized spacial score (nSPS) is 18.2. The van der Waals surface area contributed by atoms with Crippen LogP contribution in [0.3, 0.4) is 0 Å². The first-order chi connectivity index (χ1) is 7.15. The fourth-order valence-electron chi connectivity index (χ4n) is 2.08. The average Bonchev–Trinajstić information content (AvgIpc) is 2.17. The molecule has 1 aromatic carbocycles. The van der Waals surface area contributed by atoms with Gasteiger partial charge in [-0.1, -0.05) is 6.07 Å². The summed E-state index contributed by atoms with van der Waals surface area (Å²) in [5.74, 6) is 0. The van der Waals surface area contributed by atoms with Gasteiger partial charge in [0.15, 0.2) is 0 Å². The zero-order valence-electron chi connectivity index (χ0n) is 9.36. The second kappa shape index (κ2) is 4.21. The molecule has 0 amide bonds. The Labute approximate surface area is 90.9 Å². The third-order valence-corrected chi connectivity index (χ3v) is 2.81. The van der Waals surface area contributed by atoms with Gasteiger partial charge in [-0.05, 0) is 37.1 Å². The molecular weight excluding hydrogens is 188 g/mol. The maximum atomic E-state index is 11.1. The number of hydroxylamine groups is 2. The van der Waals surface area contributed by atoms with Gasteiger partial charge in [-0.15, -0.1) is 0 Å². The molecule has 15 heavy (non-hydrogen) atoms. The molecule has 0 bridgehead atoms. The molecule has 1 fully saturated rings. The summed E-state index contributed by atoms with van der Waals surface area (Å²) in [6.45, 7) is 7.14. The van der Waals surface area contributed by atoms with Crippen molar-refractivity contribution in [2.24, 2.45) is 0 Å². The van der Waals surface area contributed by atoms with E-state index in [4.69, 9.17) is 0 Å². The zero-order valence-corrected chi connectivity index (χ0v) is 9.36. The number of rotatable bonds is 1. The van der Waals surface area contributed by atoms with E-state index in [0.29, 0.717) is 13.1 Å². The fraction of sp³-hybridized carbons (Fsp3) is 0.500. The third kappa shape index (κ3) is 2.49. The molecule has 1 aliphatic heterocycles. The Morgan fingerprint density at radius 2 is 1.47 bits per heavy atom. The first-order valence-electron chi connectivity index (χ1n) is 5.40. The Morgan fingerprint density at radius 3 is 2.00 bits per heavy atom. The van der Waals surface area contributed by atoms with E-state index >= 15 is 0 Å². The molecular formula is C12H17N2O-. The molecule has 0 atom stereocenters. The molecule has 82 valence electrons. The lowest BCUT2D eigenvalue weighted by Crippen LogP contribution is -2.43. The van der Waals surface area contributed by atoms with Gasteiger partial charge in [0.05, 0.1) is 0 Å². The van der Waals surface area contributed by atoms with E-state index in [1.54, 1.807) is 0 Å². The van der Waals surface area contributed by atoms with Crippen LogP contribution in [-0.2, 0) is 0 Å². The van der Waals surface area contributed by atoms with Crippen molar-refractivity contribution in [1.29, 1.82) is 0 Å². The smallest absolute Gasteiger partial charge is 0.0372 e. The van der Waals surface area contributed by atoms with E-state index in [9.17, 15) is 5.21 Å². The second-order valence-corrected chi connectivity index (χ2v) is 4.26. The lowest BCUT2D eigenvalue weighted by Gasteiger charge is -2.39. The van der Waals surface area contributed by atoms with Crippen molar-refractivity contribution in [2.75, 3.05) is 31.1 Å². The summed E-state index contributed by atoms with van der Waals surface area (Å²) in [6, 6.07) is 6.55. The zero-order chi connectivity index (χ0) is 10.8. The fourth-order valence-corrected chi connectivity index (χ4v) is 2.08. The molecule has 0 saturated carbocycles. The Morgan fingerprint density at radius 1 is 0.933 bits per heavy atom. The highest BCUT2D eigenvalue weighted by atomic mass is 16.5. The van der Waals surface area contributed by atoms with Crippen LogP contribution >= 0.6 is 0 Å². The first-order valence-corrected chi connectivity index (χ1v) is 5.40. The molecule has 0 spiro atoms. The largest absolute Gasteiger partial charge is 0.785 e. The number of aryl methyl sites for hydroxylation is 2. The van der Waals surface area contributed by atoms with Crippen molar-refractivity contribution in [3.63, 3.8) is 0 Å². The summed E-state index contributed by atoms with van der Waals surface area (Å²) in [7, 11) is 0. The van der Waals surface area contributed by atoms with Crippen LogP contribution < -0.4 is 4.90 Å². The molecule has 0 unspecified atom stereocenters. The minimum Gasteiger partial charge on any atom is -0.785 e. The molecule has 0 radical (unpaired) electrons. The monoisotopic (exact) mass is 205 g/mol. The number of piperazine rings is 1. The van der Waals surface area contributed by atoms with Crippen LogP contribution in [0.4, 0.5) is 5.69 Å². The van der Waals surface area contributed by atoms with E-state index in [2.05, 4.69) is 36.9 Å². The number of hydrogen-bond donors (Lipinski definition) is 0. The summed E-state index contributed by atoms with van der Waals surface area (Å²) >= 11 is 0. The van der Waals surface area contributed by atoms with Gasteiger partial charge in [0, 0.05) is 31.9 Å². The summed E-state index contributed by atoms with van der Waals surface area (Å²) in [6.07, 6.45) is 0. The maximum Gasteiger partial charge on any atom is 0.0372 e. The van der Waals surface area contributed by atoms with E-state index in [0.717, 1.165) is 18.2 Å². The first kappa shape index (κ1) is 10.5. The summed E-state index contributed by atoms with van der Waals surface area (Å²) in [5, 5.41) is 12.2. The van der Waals surface area contributed by atoms with Crippen LogP contribution in [0.5, 0.6) is 0 Å². The van der Waals surface area contributed by atoms with Gasteiger partial charge >= 0.3 is 0 Å². The molecule has 3 nitrogen and oxygen atoms in total. The summed E-state index contributed by atoms with van der Waals surface area (Å²) < 4.78 is 0. The second-order valence-electron chi connectivity index (χ2n) is 4.26. The number of hydrogen-bond acceptors (Lipinski definition) is 3. The van der Waals surface area contributed by atoms with Crippen molar-refractivity contribution < 1.29 is 0 Å². The van der Waals surface area contributed by atoms with Crippen LogP contribution in [0.1, 0.15) is 11.1 Å². The Hall–Kier alpha value is -1.06. The molecule has 1 saturated heterocycles. The van der Waals surface area contributed by atoms with Crippen LogP contribution in [0.15, 0.2) is 18.2 Å². The van der Waals surface area contributed by atoms with E-state index in [1.165, 1.54) is 16.8 Å². The Kier molecular flexibility index (Phi) is 2.93. The van der Waals surface area contributed by atoms with Crippen molar-refractivity contribution in [2.45, 2.75) is 13.8 Å². The van der Waals surface area contributed by atoms with E-state index < -0.39 is 0 Å². The molecule has 0 aromatic heterocycles. The van der Waals surface area contributed by atoms with Crippen LogP contribution in [0, 0.1) is 19.1 Å². The van der Waals surface area contributed by atoms with Crippen LogP contribution in [0.2, 0.25) is 0 Å². The average molecular weight is 205 g/mol. The highest BCUT2D eigenvalue weighted by Gasteiger charge is 2.12. The van der Waals surface area contributed by atoms with Gasteiger partial charge in [0.25, 0.3) is 0 Å². The highest BCUT2D eigenvalue weighted by molar-refractivity contribution is 5.51. The van der Waals surface area contributed by atoms with Crippen LogP contribution in [0.25, 0.3) is 0 Å². The van der Waals surface area contributed by atoms with Crippen molar-refractivity contribution in [1.82, 2.24) is 5.06 Å². The lowest BCUT2D eigenvalue weighted by atomic mass is 10.1. The van der Waals surface area contributed by atoms with Gasteiger partial charge in [-0.2, -0.15) is 0 Å². The maximum absolute atomic E-state index is 11.1. The van der Waals surface area contributed by atoms with Gasteiger partial charge in [-0.25, -0.2) is 0 Å². The lowest BCUT2D eigenvalue weighted by molar-refractivity contribution is 0.350. The third-order valence-electron chi connectivity index (χ3n) is 2.81. The molecule has 1 heterocycles. The van der Waals surface area contributed by atoms with Crippen molar-refractivity contribution in [3.05, 3.63) is 34.5 Å². The van der Waals surface area contributed by atoms with Crippen molar-refractivity contribution in [3.8, 4) is 0 Å². The van der Waals surface area contributed by atoms with Crippen LogP contribution in [-0.4, -0.2) is 31.2 Å². The predicted octanol–water partition coefficient (Wildman–Crippen LogP) is 1.92. The molecule has 0 aliphatic carbocycles. The Bertz CT molecular complexity index is 323. The topological polar surface area (TPSA) is 29.5 Å². The SMILES string of the molecule is Cc1cc(C)cc(N2CCN([O-])CC2)c1. The number of nitrogens with zero attached hydrogens (tertiary/aromatic N) is 2. The summed E-state index contributed by atoms with van der Waals surface area (Å²) in [4.78, 5) is 2.29. The Balaban J connectivity index is 2.15. The molecule has 3 heteroatoms. The quantitative estimate of drug-likeness (QED) is 0.701. The summed E-state index contributed by atoms with van der Waals surface area (Å²) in [5.41, 5.74) is 3.82. The minimum absolute atomic E-state index is 0.618. The van der Waals surface area contributed by atoms with E-state index in [-0.39, 0.29) is 0 Å². The molecule has 1 aliphatic rings. The van der Waals surface area contributed by atoms with Gasteiger partial charge in [-0.3, -0.25) is 0 Å². The standard InChI is InChI=1S/C12H17N2O/c1-10-7-11(2)9-12(8-10)13-3-5-14(15)6-4-13/h7-9H,3-6H2,1-2H3/q-1. The van der Waals surface area contributed by atoms with Gasteiger partial charge < -0.3 is 15.2 Å². The van der Waals surface area contributed by atoms with Gasteiger partial charge in [0.2, 0.25) is 0 Å². The highest BCUT2D eigenvalue weighted by Crippen LogP contribution is 2.19. The number of anilines is 1. The van der Waals surface area contributed by atoms with Crippen molar-refractivity contribution >= 4 is 5.69 Å². The van der Waals surface area contributed by atoms with E-state index in [1.807, 2.05) is 0 Å². The molecule has 0 N–H and O–H groups in total. The minimum atomic E-state index is 0.618.